The molecule has 1 unspecified atom stereocenters. The second-order valence-corrected chi connectivity index (χ2v) is 4.50. The van der Waals surface area contributed by atoms with Crippen LogP contribution in [0.15, 0.2) is 16.8 Å². The number of rotatable bonds is 4. The van der Waals surface area contributed by atoms with Crippen molar-refractivity contribution in [2.24, 2.45) is 0 Å². The third-order valence-corrected chi connectivity index (χ3v) is 2.96. The summed E-state index contributed by atoms with van der Waals surface area (Å²) in [5, 5.41) is 11.6. The Balaban J connectivity index is 2.17. The van der Waals surface area contributed by atoms with E-state index >= 15 is 0 Å². The van der Waals surface area contributed by atoms with E-state index in [0.29, 0.717) is 0 Å². The number of nitrogens with one attached hydrogen (secondary N) is 2. The molecule has 20 heavy (non-hydrogen) atoms. The molecule has 2 heterocycles. The number of hydrogen-bond acceptors (Lipinski definition) is 4. The lowest BCUT2D eigenvalue weighted by Crippen LogP contribution is -2.28. The van der Waals surface area contributed by atoms with Crippen molar-refractivity contribution in [2.75, 3.05) is 0 Å². The first-order valence-electron chi connectivity index (χ1n) is 6.04. The number of nitrogens with zero attached hydrogens (tertiary/aromatic N) is 1. The second kappa shape index (κ2) is 5.20. The molecule has 7 heteroatoms. The van der Waals surface area contributed by atoms with Gasteiger partial charge in [0.1, 0.15) is 11.5 Å². The number of carboxylic acid groups (broad SMARTS) is 1. The second-order valence-electron chi connectivity index (χ2n) is 4.50. The van der Waals surface area contributed by atoms with E-state index in [2.05, 4.69) is 15.3 Å². The molecule has 0 aliphatic rings. The Morgan fingerprint density at radius 2 is 2.15 bits per heavy atom. The fourth-order valence-corrected chi connectivity index (χ4v) is 2.05. The molecule has 0 radical (unpaired) electrons. The average Bonchev–Trinajstić information content (AvgIpc) is 2.95. The van der Waals surface area contributed by atoms with E-state index < -0.39 is 11.9 Å². The van der Waals surface area contributed by atoms with E-state index in [1.807, 2.05) is 19.9 Å². The molecule has 2 aromatic heterocycles. The van der Waals surface area contributed by atoms with Crippen molar-refractivity contribution in [3.63, 3.8) is 0 Å². The van der Waals surface area contributed by atoms with Crippen LogP contribution in [0.2, 0.25) is 0 Å². The summed E-state index contributed by atoms with van der Waals surface area (Å²) in [5.74, 6) is -0.301. The lowest BCUT2D eigenvalue weighted by molar-refractivity contribution is 0.0684. The number of aryl methyl sites for hydroxylation is 2. The van der Waals surface area contributed by atoms with Crippen LogP contribution < -0.4 is 5.32 Å². The Labute approximate surface area is 115 Å². The monoisotopic (exact) mass is 277 g/mol. The summed E-state index contributed by atoms with van der Waals surface area (Å²) >= 11 is 0. The molecular formula is C13H15N3O4. The first-order chi connectivity index (χ1) is 9.40. The van der Waals surface area contributed by atoms with Gasteiger partial charge in [0.25, 0.3) is 5.91 Å². The van der Waals surface area contributed by atoms with Gasteiger partial charge in [0, 0.05) is 5.56 Å². The highest BCUT2D eigenvalue weighted by Crippen LogP contribution is 2.21. The van der Waals surface area contributed by atoms with Crippen LogP contribution in [-0.2, 0) is 0 Å². The van der Waals surface area contributed by atoms with Crippen LogP contribution in [0.4, 0.5) is 0 Å². The van der Waals surface area contributed by atoms with E-state index in [4.69, 9.17) is 9.52 Å². The fraction of sp³-hybridized carbons (Fsp3) is 0.308. The quantitative estimate of drug-likeness (QED) is 0.789. The molecule has 0 aliphatic carbocycles. The van der Waals surface area contributed by atoms with E-state index in [1.165, 1.54) is 6.33 Å². The molecule has 1 atom stereocenters. The predicted molar refractivity (Wildman–Crippen MR) is 69.6 cm³/mol. The summed E-state index contributed by atoms with van der Waals surface area (Å²) in [6, 6.07) is 1.53. The van der Waals surface area contributed by atoms with Crippen molar-refractivity contribution >= 4 is 11.9 Å². The Hall–Kier alpha value is -2.57. The Kier molecular flexibility index (Phi) is 3.60. The SMILES string of the molecule is Cc1cc(C(C)NC(=O)c2nc[nH]c2C(=O)O)c(C)o1. The number of aromatic nitrogens is 2. The number of furan rings is 1. The minimum absolute atomic E-state index is 0.137. The van der Waals surface area contributed by atoms with Crippen LogP contribution in [0, 0.1) is 13.8 Å². The van der Waals surface area contributed by atoms with Gasteiger partial charge in [-0.25, -0.2) is 9.78 Å². The highest BCUT2D eigenvalue weighted by Gasteiger charge is 2.22. The minimum Gasteiger partial charge on any atom is -0.477 e. The maximum absolute atomic E-state index is 12.0. The number of aromatic carboxylic acids is 1. The summed E-state index contributed by atoms with van der Waals surface area (Å²) in [7, 11) is 0. The number of carbonyl (C=O) groups excluding carboxylic acids is 1. The fourth-order valence-electron chi connectivity index (χ4n) is 2.05. The summed E-state index contributed by atoms with van der Waals surface area (Å²) < 4.78 is 5.40. The molecule has 7 nitrogen and oxygen atoms in total. The van der Waals surface area contributed by atoms with Gasteiger partial charge in [-0.05, 0) is 26.8 Å². The standard InChI is InChI=1S/C13H15N3O4/c1-6-4-9(8(3)20-6)7(2)16-12(17)10-11(13(18)19)15-5-14-10/h4-5,7H,1-3H3,(H,14,15)(H,16,17)(H,18,19). The highest BCUT2D eigenvalue weighted by molar-refractivity contribution is 6.02. The third-order valence-electron chi connectivity index (χ3n) is 2.96. The molecular weight excluding hydrogens is 262 g/mol. The zero-order valence-electron chi connectivity index (χ0n) is 11.4. The van der Waals surface area contributed by atoms with Crippen LogP contribution in [0.5, 0.6) is 0 Å². The molecule has 0 aromatic carbocycles. The largest absolute Gasteiger partial charge is 0.477 e. The molecule has 1 amide bonds. The zero-order chi connectivity index (χ0) is 14.9. The molecule has 0 aliphatic heterocycles. The lowest BCUT2D eigenvalue weighted by atomic mass is 10.1. The molecule has 0 saturated carbocycles. The number of carboxylic acids is 1. The first kappa shape index (κ1) is 13.9. The van der Waals surface area contributed by atoms with Gasteiger partial charge in [-0.2, -0.15) is 0 Å². The Bertz CT molecular complexity index is 656. The van der Waals surface area contributed by atoms with Crippen LogP contribution >= 0.6 is 0 Å². The molecule has 0 saturated heterocycles. The van der Waals surface area contributed by atoms with Crippen molar-refractivity contribution in [1.82, 2.24) is 15.3 Å². The third kappa shape index (κ3) is 2.56. The highest BCUT2D eigenvalue weighted by atomic mass is 16.4. The van der Waals surface area contributed by atoms with Gasteiger partial charge >= 0.3 is 5.97 Å². The normalized spacial score (nSPS) is 12.2. The maximum atomic E-state index is 12.0. The first-order valence-corrected chi connectivity index (χ1v) is 6.04. The van der Waals surface area contributed by atoms with Gasteiger partial charge in [0.2, 0.25) is 0 Å². The minimum atomic E-state index is -1.23. The number of hydrogen-bond donors (Lipinski definition) is 3. The van der Waals surface area contributed by atoms with Crippen molar-refractivity contribution in [3.8, 4) is 0 Å². The van der Waals surface area contributed by atoms with Crippen molar-refractivity contribution in [3.05, 3.63) is 40.9 Å². The molecule has 2 rings (SSSR count). The molecule has 0 spiro atoms. The van der Waals surface area contributed by atoms with E-state index in [9.17, 15) is 9.59 Å². The van der Waals surface area contributed by atoms with E-state index in [1.54, 1.807) is 6.92 Å². The van der Waals surface area contributed by atoms with Crippen molar-refractivity contribution in [1.29, 1.82) is 0 Å². The van der Waals surface area contributed by atoms with Crippen LogP contribution in [-0.4, -0.2) is 27.0 Å². The van der Waals surface area contributed by atoms with Gasteiger partial charge in [0.15, 0.2) is 11.4 Å². The molecule has 0 bridgehead atoms. The van der Waals surface area contributed by atoms with Crippen LogP contribution in [0.1, 0.15) is 51.0 Å². The van der Waals surface area contributed by atoms with Gasteiger partial charge in [-0.15, -0.1) is 0 Å². The molecule has 2 aromatic rings. The Morgan fingerprint density at radius 3 is 2.70 bits per heavy atom. The van der Waals surface area contributed by atoms with Crippen molar-refractivity contribution < 1.29 is 19.1 Å². The number of aromatic amines is 1. The van der Waals surface area contributed by atoms with Crippen LogP contribution in [0.3, 0.4) is 0 Å². The number of amides is 1. The summed E-state index contributed by atoms with van der Waals surface area (Å²) in [5.41, 5.74) is 0.486. The topological polar surface area (TPSA) is 108 Å². The number of carbonyl (C=O) groups is 2. The molecule has 106 valence electrons. The summed E-state index contributed by atoms with van der Waals surface area (Å²) in [6.45, 7) is 5.42. The number of imidazole rings is 1. The van der Waals surface area contributed by atoms with Crippen LogP contribution in [0.25, 0.3) is 0 Å². The number of H-pyrrole nitrogens is 1. The zero-order valence-corrected chi connectivity index (χ0v) is 11.4. The maximum Gasteiger partial charge on any atom is 0.354 e. The summed E-state index contributed by atoms with van der Waals surface area (Å²) in [6.07, 6.45) is 1.18. The van der Waals surface area contributed by atoms with Gasteiger partial charge in [-0.1, -0.05) is 0 Å². The predicted octanol–water partition coefficient (Wildman–Crippen LogP) is 1.81. The van der Waals surface area contributed by atoms with Gasteiger partial charge in [-0.3, -0.25) is 4.79 Å². The molecule has 0 fully saturated rings. The van der Waals surface area contributed by atoms with E-state index in [0.717, 1.165) is 17.1 Å². The van der Waals surface area contributed by atoms with Gasteiger partial charge < -0.3 is 19.8 Å². The smallest absolute Gasteiger partial charge is 0.354 e. The van der Waals surface area contributed by atoms with Crippen molar-refractivity contribution in [2.45, 2.75) is 26.8 Å². The average molecular weight is 277 g/mol. The molecule has 3 N–H and O–H groups in total. The van der Waals surface area contributed by atoms with E-state index in [-0.39, 0.29) is 17.4 Å². The lowest BCUT2D eigenvalue weighted by Gasteiger charge is -2.12. The summed E-state index contributed by atoms with van der Waals surface area (Å²) in [4.78, 5) is 29.1. The van der Waals surface area contributed by atoms with Gasteiger partial charge in [0.05, 0.1) is 12.4 Å². The Morgan fingerprint density at radius 1 is 1.45 bits per heavy atom.